The summed E-state index contributed by atoms with van der Waals surface area (Å²) in [4.78, 5) is 37.2. The van der Waals surface area contributed by atoms with Crippen molar-refractivity contribution in [3.8, 4) is 11.1 Å². The highest BCUT2D eigenvalue weighted by Crippen LogP contribution is 2.47. The van der Waals surface area contributed by atoms with E-state index in [0.29, 0.717) is 11.3 Å². The Morgan fingerprint density at radius 3 is 2.33 bits per heavy atom. The highest BCUT2D eigenvalue weighted by molar-refractivity contribution is 5.82. The van der Waals surface area contributed by atoms with E-state index in [1.807, 2.05) is 48.5 Å². The number of likely N-dealkylation sites (tertiary alicyclic amines) is 1. The predicted molar refractivity (Wildman–Crippen MR) is 137 cm³/mol. The topological polar surface area (TPSA) is 114 Å². The van der Waals surface area contributed by atoms with Crippen LogP contribution in [0.4, 0.5) is 18.4 Å². The fraction of sp³-hybridized carbons (Fsp3) is 0.393. The monoisotopic (exact) mass is 544 g/mol. The largest absolute Gasteiger partial charge is 0.467 e. The maximum absolute atomic E-state index is 13.7. The quantitative estimate of drug-likeness (QED) is 0.336. The summed E-state index contributed by atoms with van der Waals surface area (Å²) in [7, 11) is 1.12. The number of carbonyl (C=O) groups excluding carboxylic acids is 2. The van der Waals surface area contributed by atoms with Crippen molar-refractivity contribution in [3.63, 3.8) is 0 Å². The van der Waals surface area contributed by atoms with Crippen molar-refractivity contribution in [1.29, 1.82) is 0 Å². The van der Waals surface area contributed by atoms with Crippen molar-refractivity contribution in [2.24, 2.45) is 0 Å². The molecule has 1 heterocycles. The molecular weight excluding hydrogens is 514 g/mol. The molecule has 39 heavy (non-hydrogen) atoms. The Balaban J connectivity index is 1.43. The summed E-state index contributed by atoms with van der Waals surface area (Å²) in [5.41, 5.74) is 4.10. The summed E-state index contributed by atoms with van der Waals surface area (Å²) < 4.78 is 43.4. The Bertz CT molecular complexity index is 1190. The second-order valence-corrected chi connectivity index (χ2v) is 9.50. The van der Waals surface area contributed by atoms with Gasteiger partial charge in [-0.25, -0.2) is 23.2 Å². The number of carbonyl (C=O) groups is 3. The molecule has 1 aliphatic carbocycles. The number of amides is 2. The smallest absolute Gasteiger partial charge is 0.408 e. The minimum Gasteiger partial charge on any atom is -0.467 e. The zero-order valence-corrected chi connectivity index (χ0v) is 21.3. The highest BCUT2D eigenvalue weighted by atomic mass is 19.3. The molecule has 1 fully saturated rings. The Morgan fingerprint density at radius 2 is 1.77 bits per heavy atom. The van der Waals surface area contributed by atoms with Crippen LogP contribution in [0.2, 0.25) is 0 Å². The van der Waals surface area contributed by atoms with Gasteiger partial charge in [0.1, 0.15) is 6.10 Å². The van der Waals surface area contributed by atoms with Gasteiger partial charge < -0.3 is 24.6 Å². The molecule has 0 aromatic heterocycles. The molecule has 11 heteroatoms. The van der Waals surface area contributed by atoms with Crippen molar-refractivity contribution in [3.05, 3.63) is 72.3 Å². The van der Waals surface area contributed by atoms with Crippen LogP contribution in [0, 0.1) is 0 Å². The molecule has 2 aliphatic rings. The Kier molecular flexibility index (Phi) is 8.49. The zero-order valence-electron chi connectivity index (χ0n) is 21.3. The average molecular weight is 545 g/mol. The lowest BCUT2D eigenvalue weighted by atomic mass is 9.89. The van der Waals surface area contributed by atoms with Gasteiger partial charge in [-0.1, -0.05) is 54.6 Å². The standard InChI is InChI=1S/C28H30F2N2O7/c1-3-8-23(24-20-11-6-4-9-18(20)19-10-5-7-12-21(19)24)39-26(34)31-22(25(33)37-2)15-38-14-17-13-28(29,30)16-32(17)27(35)36/h3-7,9-12,17,22-24H,1,8,13-16H2,2H3,(H,31,34)(H,35,36). The normalized spacial score (nSPS) is 18.9. The van der Waals surface area contributed by atoms with Gasteiger partial charge in [-0.2, -0.15) is 0 Å². The molecular formula is C28H30F2N2O7. The van der Waals surface area contributed by atoms with Gasteiger partial charge in [-0.3, -0.25) is 4.90 Å². The number of alkyl carbamates (subject to hydrolysis) is 1. The summed E-state index contributed by atoms with van der Waals surface area (Å²) >= 11 is 0. The van der Waals surface area contributed by atoms with Crippen LogP contribution in [-0.2, 0) is 19.0 Å². The summed E-state index contributed by atoms with van der Waals surface area (Å²) in [5.74, 6) is -4.27. The molecule has 3 unspecified atom stereocenters. The van der Waals surface area contributed by atoms with E-state index >= 15 is 0 Å². The maximum atomic E-state index is 13.7. The number of rotatable bonds is 10. The summed E-state index contributed by atoms with van der Waals surface area (Å²) in [5, 5.41) is 11.6. The fourth-order valence-electron chi connectivity index (χ4n) is 5.23. The first kappa shape index (κ1) is 28.0. The van der Waals surface area contributed by atoms with E-state index in [1.165, 1.54) is 0 Å². The summed E-state index contributed by atoms with van der Waals surface area (Å²) in [6.45, 7) is 2.04. The van der Waals surface area contributed by atoms with Gasteiger partial charge in [0, 0.05) is 18.8 Å². The third-order valence-electron chi connectivity index (χ3n) is 6.91. The van der Waals surface area contributed by atoms with E-state index in [-0.39, 0.29) is 12.5 Å². The molecule has 0 spiro atoms. The number of carboxylic acid groups (broad SMARTS) is 1. The third-order valence-corrected chi connectivity index (χ3v) is 6.91. The number of esters is 1. The number of methoxy groups -OCH3 is 1. The van der Waals surface area contributed by atoms with Gasteiger partial charge in [-0.05, 0) is 22.3 Å². The molecule has 2 amide bonds. The molecule has 2 aromatic carbocycles. The summed E-state index contributed by atoms with van der Waals surface area (Å²) in [6, 6.07) is 13.3. The molecule has 0 radical (unpaired) electrons. The minimum atomic E-state index is -3.17. The van der Waals surface area contributed by atoms with E-state index in [4.69, 9.17) is 14.2 Å². The van der Waals surface area contributed by atoms with Crippen LogP contribution in [0.15, 0.2) is 61.2 Å². The second kappa shape index (κ2) is 11.8. The number of halogens is 2. The van der Waals surface area contributed by atoms with E-state index in [0.717, 1.165) is 29.4 Å². The molecule has 2 aromatic rings. The lowest BCUT2D eigenvalue weighted by molar-refractivity contribution is -0.144. The Morgan fingerprint density at radius 1 is 1.15 bits per heavy atom. The molecule has 9 nitrogen and oxygen atoms in total. The number of nitrogens with one attached hydrogen (secondary N) is 1. The van der Waals surface area contributed by atoms with Crippen molar-refractivity contribution in [1.82, 2.24) is 10.2 Å². The van der Waals surface area contributed by atoms with Crippen LogP contribution in [0.1, 0.15) is 29.9 Å². The number of benzene rings is 2. The lowest BCUT2D eigenvalue weighted by Crippen LogP contribution is -2.47. The van der Waals surface area contributed by atoms with Crippen molar-refractivity contribution >= 4 is 18.2 Å². The van der Waals surface area contributed by atoms with E-state index in [9.17, 15) is 28.3 Å². The average Bonchev–Trinajstić information content (AvgIpc) is 3.41. The molecule has 0 saturated carbocycles. The van der Waals surface area contributed by atoms with Gasteiger partial charge >= 0.3 is 18.2 Å². The van der Waals surface area contributed by atoms with Gasteiger partial charge in [0.15, 0.2) is 6.04 Å². The van der Waals surface area contributed by atoms with Crippen LogP contribution >= 0.6 is 0 Å². The van der Waals surface area contributed by atoms with Crippen molar-refractivity contribution < 1.29 is 42.5 Å². The van der Waals surface area contributed by atoms with E-state index < -0.39 is 61.8 Å². The molecule has 1 aliphatic heterocycles. The van der Waals surface area contributed by atoms with Crippen LogP contribution in [0.25, 0.3) is 11.1 Å². The minimum absolute atomic E-state index is 0.264. The molecule has 2 N–H and O–H groups in total. The van der Waals surface area contributed by atoms with Crippen LogP contribution < -0.4 is 5.32 Å². The maximum Gasteiger partial charge on any atom is 0.408 e. The van der Waals surface area contributed by atoms with Gasteiger partial charge in [0.2, 0.25) is 0 Å². The first-order valence-corrected chi connectivity index (χ1v) is 12.4. The molecule has 4 rings (SSSR count). The third kappa shape index (κ3) is 6.19. The fourth-order valence-corrected chi connectivity index (χ4v) is 5.23. The number of alkyl halides is 2. The van der Waals surface area contributed by atoms with Crippen LogP contribution in [0.5, 0.6) is 0 Å². The number of ether oxygens (including phenoxy) is 3. The highest BCUT2D eigenvalue weighted by Gasteiger charge is 2.47. The molecule has 208 valence electrons. The molecule has 1 saturated heterocycles. The zero-order chi connectivity index (χ0) is 28.2. The Hall–Kier alpha value is -3.99. The Labute approximate surface area is 224 Å². The second-order valence-electron chi connectivity index (χ2n) is 9.50. The predicted octanol–water partition coefficient (Wildman–Crippen LogP) is 4.42. The first-order valence-electron chi connectivity index (χ1n) is 12.4. The SMILES string of the molecule is C=CCC(OC(=O)NC(COCC1CC(F)(F)CN1C(=O)O)C(=O)OC)C1c2ccccc2-c2ccccc21. The van der Waals surface area contributed by atoms with Gasteiger partial charge in [-0.15, -0.1) is 6.58 Å². The number of hydrogen-bond acceptors (Lipinski definition) is 6. The van der Waals surface area contributed by atoms with E-state index in [1.54, 1.807) is 6.08 Å². The number of hydrogen-bond donors (Lipinski definition) is 2. The van der Waals surface area contributed by atoms with Gasteiger partial charge in [0.25, 0.3) is 5.92 Å². The lowest BCUT2D eigenvalue weighted by Gasteiger charge is -2.26. The van der Waals surface area contributed by atoms with Crippen molar-refractivity contribution in [2.45, 2.75) is 42.9 Å². The summed E-state index contributed by atoms with van der Waals surface area (Å²) in [6.07, 6.45) is -1.76. The van der Waals surface area contributed by atoms with Gasteiger partial charge in [0.05, 0.1) is 32.9 Å². The first-order chi connectivity index (χ1) is 18.6. The number of fused-ring (bicyclic) bond motifs is 3. The number of nitrogens with zero attached hydrogens (tertiary/aromatic N) is 1. The van der Waals surface area contributed by atoms with Crippen LogP contribution in [0.3, 0.4) is 0 Å². The molecule has 3 atom stereocenters. The molecule has 0 bridgehead atoms. The van der Waals surface area contributed by atoms with E-state index in [2.05, 4.69) is 11.9 Å². The van der Waals surface area contributed by atoms with Crippen molar-refractivity contribution in [2.75, 3.05) is 26.9 Å². The van der Waals surface area contributed by atoms with Crippen LogP contribution in [-0.4, -0.2) is 79.1 Å².